The molecule has 6 heteroatoms. The minimum absolute atomic E-state index is 0.166. The molecule has 3 heterocycles. The summed E-state index contributed by atoms with van der Waals surface area (Å²) in [7, 11) is 0. The molecule has 0 unspecified atom stereocenters. The summed E-state index contributed by atoms with van der Waals surface area (Å²) in [5.74, 6) is 1.29. The Hall–Kier alpha value is -2.73. The van der Waals surface area contributed by atoms with Gasteiger partial charge >= 0.3 is 0 Å². The van der Waals surface area contributed by atoms with Crippen molar-refractivity contribution in [2.75, 3.05) is 0 Å². The molecule has 0 aromatic carbocycles. The first-order chi connectivity index (χ1) is 11.6. The Morgan fingerprint density at radius 1 is 1.29 bits per heavy atom. The summed E-state index contributed by atoms with van der Waals surface area (Å²) < 4.78 is 5.39. The van der Waals surface area contributed by atoms with Gasteiger partial charge in [0.05, 0.1) is 11.7 Å². The molecule has 3 rings (SSSR count). The van der Waals surface area contributed by atoms with E-state index in [0.717, 1.165) is 22.0 Å². The highest BCUT2D eigenvalue weighted by Crippen LogP contribution is 2.24. The number of hydrogen-bond donors (Lipinski definition) is 1. The zero-order valence-corrected chi connectivity index (χ0v) is 14.2. The molecule has 0 aliphatic rings. The Morgan fingerprint density at radius 2 is 2.08 bits per heavy atom. The molecule has 1 N–H and O–H groups in total. The lowest BCUT2D eigenvalue weighted by Crippen LogP contribution is -2.24. The van der Waals surface area contributed by atoms with Crippen LogP contribution in [0.25, 0.3) is 17.3 Å². The number of thiazole rings is 1. The van der Waals surface area contributed by atoms with E-state index in [4.69, 9.17) is 4.42 Å². The van der Waals surface area contributed by atoms with Crippen molar-refractivity contribution in [3.63, 3.8) is 0 Å². The van der Waals surface area contributed by atoms with Crippen LogP contribution in [0.15, 0.2) is 52.5 Å². The highest BCUT2D eigenvalue weighted by molar-refractivity contribution is 7.10. The van der Waals surface area contributed by atoms with Crippen molar-refractivity contribution in [2.45, 2.75) is 19.9 Å². The molecule has 1 atom stereocenters. The molecule has 0 saturated carbocycles. The number of aryl methyl sites for hydroxylation is 1. The monoisotopic (exact) mass is 339 g/mol. The van der Waals surface area contributed by atoms with E-state index in [0.29, 0.717) is 5.76 Å². The third-order valence-electron chi connectivity index (χ3n) is 3.39. The first-order valence-electron chi connectivity index (χ1n) is 7.52. The van der Waals surface area contributed by atoms with Crippen LogP contribution in [0, 0.1) is 6.92 Å². The Bertz CT molecular complexity index is 852. The third-order valence-corrected chi connectivity index (χ3v) is 4.41. The largest absolute Gasteiger partial charge is 0.462 e. The van der Waals surface area contributed by atoms with Crippen LogP contribution in [0.4, 0.5) is 0 Å². The normalized spacial score (nSPS) is 12.4. The van der Waals surface area contributed by atoms with Crippen LogP contribution in [0.5, 0.6) is 0 Å². The van der Waals surface area contributed by atoms with E-state index in [1.54, 1.807) is 18.5 Å². The molecular formula is C18H17N3O2S. The van der Waals surface area contributed by atoms with Crippen LogP contribution in [0.2, 0.25) is 0 Å². The van der Waals surface area contributed by atoms with E-state index in [1.807, 2.05) is 43.5 Å². The fourth-order valence-corrected chi connectivity index (χ4v) is 3.00. The first-order valence-corrected chi connectivity index (χ1v) is 8.40. The van der Waals surface area contributed by atoms with Crippen LogP contribution in [-0.2, 0) is 4.79 Å². The Balaban J connectivity index is 1.62. The maximum atomic E-state index is 12.0. The van der Waals surface area contributed by atoms with Crippen molar-refractivity contribution in [3.05, 3.63) is 64.6 Å². The zero-order chi connectivity index (χ0) is 16.9. The van der Waals surface area contributed by atoms with Gasteiger partial charge in [-0.3, -0.25) is 9.78 Å². The van der Waals surface area contributed by atoms with E-state index in [1.165, 1.54) is 17.4 Å². The van der Waals surface area contributed by atoms with Crippen molar-refractivity contribution in [2.24, 2.45) is 0 Å². The van der Waals surface area contributed by atoms with Crippen molar-refractivity contribution in [1.29, 1.82) is 0 Å². The molecule has 0 fully saturated rings. The van der Waals surface area contributed by atoms with Gasteiger partial charge in [-0.2, -0.15) is 0 Å². The average molecular weight is 339 g/mol. The van der Waals surface area contributed by atoms with Gasteiger partial charge in [0.25, 0.3) is 0 Å². The van der Waals surface area contributed by atoms with Crippen LogP contribution in [0.3, 0.4) is 0 Å². The van der Waals surface area contributed by atoms with E-state index < -0.39 is 0 Å². The number of nitrogens with one attached hydrogen (secondary N) is 1. The summed E-state index contributed by atoms with van der Waals surface area (Å²) >= 11 is 1.52. The van der Waals surface area contributed by atoms with Crippen LogP contribution in [-0.4, -0.2) is 15.9 Å². The lowest BCUT2D eigenvalue weighted by atomic mass is 10.2. The summed E-state index contributed by atoms with van der Waals surface area (Å²) in [6, 6.07) is 7.34. The second kappa shape index (κ2) is 7.23. The lowest BCUT2D eigenvalue weighted by Gasteiger charge is -2.08. The van der Waals surface area contributed by atoms with E-state index in [2.05, 4.69) is 15.3 Å². The van der Waals surface area contributed by atoms with E-state index in [-0.39, 0.29) is 11.9 Å². The summed E-state index contributed by atoms with van der Waals surface area (Å²) in [5.41, 5.74) is 1.90. The van der Waals surface area contributed by atoms with E-state index in [9.17, 15) is 4.79 Å². The SMILES string of the molecule is Cc1ccc(/C=C/C(=O)N[C@@H](C)c2nc(-c3ccncc3)cs2)o1. The zero-order valence-electron chi connectivity index (χ0n) is 13.4. The van der Waals surface area contributed by atoms with Crippen molar-refractivity contribution in [1.82, 2.24) is 15.3 Å². The van der Waals surface area contributed by atoms with Crippen molar-refractivity contribution < 1.29 is 9.21 Å². The second-order valence-electron chi connectivity index (χ2n) is 5.32. The lowest BCUT2D eigenvalue weighted by molar-refractivity contribution is -0.117. The number of furan rings is 1. The maximum absolute atomic E-state index is 12.0. The van der Waals surface area contributed by atoms with Crippen molar-refractivity contribution in [3.8, 4) is 11.3 Å². The molecule has 0 saturated heterocycles. The molecule has 24 heavy (non-hydrogen) atoms. The molecule has 0 radical (unpaired) electrons. The Morgan fingerprint density at radius 3 is 2.79 bits per heavy atom. The van der Waals surface area contributed by atoms with Crippen LogP contribution in [0.1, 0.15) is 29.5 Å². The number of carbonyl (C=O) groups excluding carboxylic acids is 1. The number of amides is 1. The third kappa shape index (κ3) is 3.97. The van der Waals surface area contributed by atoms with Crippen LogP contribution >= 0.6 is 11.3 Å². The summed E-state index contributed by atoms with van der Waals surface area (Å²) in [6.07, 6.45) is 6.59. The minimum atomic E-state index is -0.183. The number of nitrogens with zero attached hydrogens (tertiary/aromatic N) is 2. The topological polar surface area (TPSA) is 68.0 Å². The van der Waals surface area contributed by atoms with Gasteiger partial charge in [0.1, 0.15) is 16.5 Å². The summed E-state index contributed by atoms with van der Waals surface area (Å²) in [5, 5.41) is 5.75. The fourth-order valence-electron chi connectivity index (χ4n) is 2.17. The molecule has 1 amide bonds. The van der Waals surface area contributed by atoms with Gasteiger partial charge in [-0.05, 0) is 44.2 Å². The molecule has 0 bridgehead atoms. The Kier molecular flexibility index (Phi) is 4.86. The number of carbonyl (C=O) groups is 1. The quantitative estimate of drug-likeness (QED) is 0.714. The van der Waals surface area contributed by atoms with Crippen LogP contribution < -0.4 is 5.32 Å². The van der Waals surface area contributed by atoms with E-state index >= 15 is 0 Å². The molecule has 0 aliphatic heterocycles. The van der Waals surface area contributed by atoms with Gasteiger partial charge in [-0.1, -0.05) is 0 Å². The average Bonchev–Trinajstić information content (AvgIpc) is 3.23. The highest BCUT2D eigenvalue weighted by atomic mass is 32.1. The number of hydrogen-bond acceptors (Lipinski definition) is 5. The van der Waals surface area contributed by atoms with Gasteiger partial charge in [0.2, 0.25) is 5.91 Å². The molecule has 5 nitrogen and oxygen atoms in total. The number of aromatic nitrogens is 2. The number of pyridine rings is 1. The van der Waals surface area contributed by atoms with Gasteiger partial charge in [-0.15, -0.1) is 11.3 Å². The van der Waals surface area contributed by atoms with Crippen molar-refractivity contribution >= 4 is 23.3 Å². The van der Waals surface area contributed by atoms with Gasteiger partial charge in [-0.25, -0.2) is 4.98 Å². The predicted octanol–water partition coefficient (Wildman–Crippen LogP) is 4.00. The Labute approximate surface area is 144 Å². The second-order valence-corrected chi connectivity index (χ2v) is 6.21. The molecule has 0 aliphatic carbocycles. The maximum Gasteiger partial charge on any atom is 0.244 e. The van der Waals surface area contributed by atoms with Gasteiger partial charge in [0.15, 0.2) is 0 Å². The fraction of sp³-hybridized carbons (Fsp3) is 0.167. The van der Waals surface area contributed by atoms with Gasteiger partial charge in [0, 0.05) is 29.4 Å². The molecule has 0 spiro atoms. The minimum Gasteiger partial charge on any atom is -0.462 e. The molecule has 3 aromatic heterocycles. The molecular weight excluding hydrogens is 322 g/mol. The predicted molar refractivity (Wildman–Crippen MR) is 94.4 cm³/mol. The van der Waals surface area contributed by atoms with Gasteiger partial charge < -0.3 is 9.73 Å². The standard InChI is InChI=1S/C18H17N3O2S/c1-12-3-4-15(23-12)5-6-17(22)20-13(2)18-21-16(11-24-18)14-7-9-19-10-8-14/h3-11,13H,1-2H3,(H,20,22)/b6-5+/t13-/m0/s1. The smallest absolute Gasteiger partial charge is 0.244 e. The molecule has 122 valence electrons. The number of rotatable bonds is 5. The molecule has 3 aromatic rings. The summed E-state index contributed by atoms with van der Waals surface area (Å²) in [6.45, 7) is 3.78. The summed E-state index contributed by atoms with van der Waals surface area (Å²) in [4.78, 5) is 20.6. The highest BCUT2D eigenvalue weighted by Gasteiger charge is 2.13. The first kappa shape index (κ1) is 16.1.